The van der Waals surface area contributed by atoms with Crippen molar-refractivity contribution < 1.29 is 4.74 Å². The molecular formula is C20H32O. The van der Waals surface area contributed by atoms with Crippen LogP contribution in [0.25, 0.3) is 0 Å². The molecule has 0 spiro atoms. The van der Waals surface area contributed by atoms with Gasteiger partial charge in [0.1, 0.15) is 0 Å². The number of epoxide rings is 1. The molecule has 0 amide bonds. The highest BCUT2D eigenvalue weighted by Crippen LogP contribution is 2.43. The van der Waals surface area contributed by atoms with Crippen molar-refractivity contribution >= 4 is 0 Å². The van der Waals surface area contributed by atoms with Gasteiger partial charge in [0.15, 0.2) is 0 Å². The first kappa shape index (κ1) is 16.5. The van der Waals surface area contributed by atoms with Crippen LogP contribution in [0.4, 0.5) is 0 Å². The molecule has 0 N–H and O–H groups in total. The van der Waals surface area contributed by atoms with Gasteiger partial charge in [-0.2, -0.15) is 0 Å². The maximum Gasteiger partial charge on any atom is 0.0923 e. The van der Waals surface area contributed by atoms with Crippen LogP contribution in [0.15, 0.2) is 34.9 Å². The number of hydrogen-bond donors (Lipinski definition) is 0. The van der Waals surface area contributed by atoms with Crippen LogP contribution in [-0.2, 0) is 4.74 Å². The van der Waals surface area contributed by atoms with E-state index in [1.165, 1.54) is 36.8 Å². The minimum atomic E-state index is 0.153. The maximum atomic E-state index is 5.95. The van der Waals surface area contributed by atoms with Crippen LogP contribution in [-0.4, -0.2) is 11.7 Å². The SMILES string of the molecule is C/C1=C\CCC2(C)O[C@@H]2CC/C(C)=C/C=C(/C(C)C)CC1. The van der Waals surface area contributed by atoms with E-state index in [2.05, 4.69) is 52.8 Å². The second-order valence-corrected chi connectivity index (χ2v) is 7.46. The molecule has 118 valence electrons. The Hall–Kier alpha value is -0.820. The molecule has 0 bridgehead atoms. The summed E-state index contributed by atoms with van der Waals surface area (Å²) in [5, 5.41) is 0. The van der Waals surface area contributed by atoms with Crippen molar-refractivity contribution in [1.29, 1.82) is 0 Å². The van der Waals surface area contributed by atoms with Crippen LogP contribution in [0.2, 0.25) is 0 Å². The first-order valence-electron chi connectivity index (χ1n) is 8.60. The summed E-state index contributed by atoms with van der Waals surface area (Å²) in [5.41, 5.74) is 4.74. The topological polar surface area (TPSA) is 12.5 Å². The molecule has 0 aromatic rings. The summed E-state index contributed by atoms with van der Waals surface area (Å²) in [6.45, 7) is 11.4. The van der Waals surface area contributed by atoms with Crippen LogP contribution in [0.3, 0.4) is 0 Å². The molecule has 0 aromatic heterocycles. The lowest BCUT2D eigenvalue weighted by atomic mass is 9.92. The summed E-state index contributed by atoms with van der Waals surface area (Å²) < 4.78 is 5.95. The summed E-state index contributed by atoms with van der Waals surface area (Å²) in [4.78, 5) is 0. The predicted molar refractivity (Wildman–Crippen MR) is 91.4 cm³/mol. The quantitative estimate of drug-likeness (QED) is 0.427. The fraction of sp³-hybridized carbons (Fsp3) is 0.700. The molecule has 1 nitrogen and oxygen atoms in total. The summed E-state index contributed by atoms with van der Waals surface area (Å²) in [7, 11) is 0. The van der Waals surface area contributed by atoms with Crippen LogP contribution < -0.4 is 0 Å². The van der Waals surface area contributed by atoms with Crippen LogP contribution in [0.1, 0.15) is 73.1 Å². The van der Waals surface area contributed by atoms with Crippen molar-refractivity contribution in [1.82, 2.24) is 0 Å². The summed E-state index contributed by atoms with van der Waals surface area (Å²) in [5.74, 6) is 0.643. The van der Waals surface area contributed by atoms with E-state index in [0.29, 0.717) is 12.0 Å². The Labute approximate surface area is 131 Å². The Kier molecular flexibility index (Phi) is 5.48. The molecule has 2 atom stereocenters. The zero-order valence-corrected chi connectivity index (χ0v) is 14.5. The van der Waals surface area contributed by atoms with Gasteiger partial charge in [0.05, 0.1) is 11.7 Å². The Morgan fingerprint density at radius 3 is 2.57 bits per heavy atom. The Bertz CT molecular complexity index is 452. The molecule has 21 heavy (non-hydrogen) atoms. The van der Waals surface area contributed by atoms with Crippen molar-refractivity contribution in [3.8, 4) is 0 Å². The smallest absolute Gasteiger partial charge is 0.0923 e. The van der Waals surface area contributed by atoms with E-state index in [0.717, 1.165) is 12.8 Å². The van der Waals surface area contributed by atoms with Crippen molar-refractivity contribution in [2.75, 3.05) is 0 Å². The molecule has 1 aliphatic carbocycles. The van der Waals surface area contributed by atoms with Gasteiger partial charge in [0, 0.05) is 0 Å². The van der Waals surface area contributed by atoms with Crippen molar-refractivity contribution in [3.05, 3.63) is 34.9 Å². The molecule has 2 aliphatic rings. The van der Waals surface area contributed by atoms with Crippen molar-refractivity contribution in [3.63, 3.8) is 0 Å². The van der Waals surface area contributed by atoms with Crippen LogP contribution in [0.5, 0.6) is 0 Å². The lowest BCUT2D eigenvalue weighted by Gasteiger charge is -2.12. The Morgan fingerprint density at radius 2 is 1.86 bits per heavy atom. The third-order valence-corrected chi connectivity index (χ3v) is 5.10. The lowest BCUT2D eigenvalue weighted by molar-refractivity contribution is 0.295. The van der Waals surface area contributed by atoms with Gasteiger partial charge < -0.3 is 4.74 Å². The average Bonchev–Trinajstić information content (AvgIpc) is 3.06. The van der Waals surface area contributed by atoms with E-state index in [1.807, 2.05) is 0 Å². The molecule has 1 aliphatic heterocycles. The highest BCUT2D eigenvalue weighted by Gasteiger charge is 2.50. The number of rotatable bonds is 1. The van der Waals surface area contributed by atoms with Gasteiger partial charge in [-0.3, -0.25) is 0 Å². The van der Waals surface area contributed by atoms with Gasteiger partial charge in [-0.25, -0.2) is 0 Å². The zero-order chi connectivity index (χ0) is 15.5. The number of hydrogen-bond acceptors (Lipinski definition) is 1. The van der Waals surface area contributed by atoms with E-state index in [4.69, 9.17) is 4.74 Å². The average molecular weight is 288 g/mol. The molecule has 0 radical (unpaired) electrons. The van der Waals surface area contributed by atoms with Gasteiger partial charge in [0.2, 0.25) is 0 Å². The highest BCUT2D eigenvalue weighted by molar-refractivity contribution is 5.20. The molecular weight excluding hydrogens is 256 g/mol. The summed E-state index contributed by atoms with van der Waals surface area (Å²) in [6, 6.07) is 0. The molecule has 0 saturated carbocycles. The Balaban J connectivity index is 2.11. The van der Waals surface area contributed by atoms with Gasteiger partial charge in [-0.15, -0.1) is 0 Å². The fourth-order valence-electron chi connectivity index (χ4n) is 3.18. The van der Waals surface area contributed by atoms with E-state index < -0.39 is 0 Å². The number of fused-ring (bicyclic) bond motifs is 1. The number of ether oxygens (including phenoxy) is 1. The molecule has 1 heterocycles. The van der Waals surface area contributed by atoms with Crippen LogP contribution >= 0.6 is 0 Å². The largest absolute Gasteiger partial charge is 0.366 e. The molecule has 1 unspecified atom stereocenters. The van der Waals surface area contributed by atoms with Gasteiger partial charge >= 0.3 is 0 Å². The zero-order valence-electron chi connectivity index (χ0n) is 14.5. The van der Waals surface area contributed by atoms with E-state index in [1.54, 1.807) is 5.57 Å². The Morgan fingerprint density at radius 1 is 1.10 bits per heavy atom. The minimum absolute atomic E-state index is 0.153. The highest BCUT2D eigenvalue weighted by atomic mass is 16.6. The van der Waals surface area contributed by atoms with Crippen LogP contribution in [0, 0.1) is 5.92 Å². The second-order valence-electron chi connectivity index (χ2n) is 7.46. The van der Waals surface area contributed by atoms with Gasteiger partial charge in [-0.05, 0) is 65.2 Å². The standard InChI is InChI=1S/C20H32O/c1-15(2)18-11-8-16(3)7-6-14-20(5)19(21-20)13-10-17(4)9-12-18/h7,9,12,15,19H,6,8,10-11,13-14H2,1-5H3/b16-7+,17-9+,18-12+/t19-,20?/m1/s1. The third kappa shape index (κ3) is 4.85. The van der Waals surface area contributed by atoms with Crippen molar-refractivity contribution in [2.45, 2.75) is 84.8 Å². The second kappa shape index (κ2) is 6.96. The third-order valence-electron chi connectivity index (χ3n) is 5.10. The first-order valence-corrected chi connectivity index (χ1v) is 8.60. The number of allylic oxidation sites excluding steroid dienone is 6. The summed E-state index contributed by atoms with van der Waals surface area (Å²) >= 11 is 0. The maximum absolute atomic E-state index is 5.95. The molecule has 2 rings (SSSR count). The van der Waals surface area contributed by atoms with E-state index >= 15 is 0 Å². The first-order chi connectivity index (χ1) is 9.90. The monoisotopic (exact) mass is 288 g/mol. The van der Waals surface area contributed by atoms with E-state index in [-0.39, 0.29) is 5.60 Å². The fourth-order valence-corrected chi connectivity index (χ4v) is 3.18. The molecule has 1 saturated heterocycles. The minimum Gasteiger partial charge on any atom is -0.366 e. The summed E-state index contributed by atoms with van der Waals surface area (Å²) in [6.07, 6.45) is 14.7. The predicted octanol–water partition coefficient (Wildman–Crippen LogP) is 5.97. The molecule has 0 aromatic carbocycles. The molecule has 1 fully saturated rings. The normalized spacial score (nSPS) is 39.1. The van der Waals surface area contributed by atoms with E-state index in [9.17, 15) is 0 Å². The lowest BCUT2D eigenvalue weighted by Crippen LogP contribution is -2.09. The van der Waals surface area contributed by atoms with Crippen molar-refractivity contribution in [2.24, 2.45) is 5.92 Å². The van der Waals surface area contributed by atoms with Gasteiger partial charge in [0.25, 0.3) is 0 Å². The van der Waals surface area contributed by atoms with Gasteiger partial charge in [-0.1, -0.05) is 48.8 Å². The molecule has 1 heteroatoms.